The van der Waals surface area contributed by atoms with Crippen LogP contribution in [-0.4, -0.2) is 52.5 Å². The third-order valence-corrected chi connectivity index (χ3v) is 7.22. The number of benzene rings is 2. The monoisotopic (exact) mass is 489 g/mol. The van der Waals surface area contributed by atoms with Crippen molar-refractivity contribution < 1.29 is 24.2 Å². The molecule has 0 spiro atoms. The lowest BCUT2D eigenvalue weighted by atomic mass is 9.95. The summed E-state index contributed by atoms with van der Waals surface area (Å²) in [6, 6.07) is 14.1. The Morgan fingerprint density at radius 3 is 2.61 bits per heavy atom. The van der Waals surface area contributed by atoms with Gasteiger partial charge in [0.15, 0.2) is 6.61 Å². The Hall–Kier alpha value is -3.65. The van der Waals surface area contributed by atoms with E-state index in [1.165, 1.54) is 17.9 Å². The van der Waals surface area contributed by atoms with Crippen LogP contribution in [0.4, 0.5) is 0 Å². The van der Waals surface area contributed by atoms with Crippen molar-refractivity contribution in [2.45, 2.75) is 50.7 Å². The third kappa shape index (κ3) is 4.86. The van der Waals surface area contributed by atoms with Crippen molar-refractivity contribution in [2.75, 3.05) is 13.7 Å². The number of nitrogens with zero attached hydrogens (tertiary/aromatic N) is 2. The number of para-hydroxylation sites is 1. The normalized spacial score (nSPS) is 20.1. The van der Waals surface area contributed by atoms with Crippen LogP contribution in [0.15, 0.2) is 59.8 Å². The average molecular weight is 490 g/mol. The van der Waals surface area contributed by atoms with E-state index >= 15 is 0 Å². The van der Waals surface area contributed by atoms with E-state index in [1.807, 2.05) is 24.3 Å². The van der Waals surface area contributed by atoms with Crippen LogP contribution in [0.5, 0.6) is 5.75 Å². The van der Waals surface area contributed by atoms with Crippen molar-refractivity contribution in [1.82, 2.24) is 9.99 Å². The lowest BCUT2D eigenvalue weighted by molar-refractivity contribution is -0.153. The van der Waals surface area contributed by atoms with Crippen molar-refractivity contribution in [3.05, 3.63) is 65.9 Å². The number of aromatic nitrogens is 1. The second-order valence-electron chi connectivity index (χ2n) is 9.48. The summed E-state index contributed by atoms with van der Waals surface area (Å²) in [5.41, 5.74) is 2.71. The summed E-state index contributed by atoms with van der Waals surface area (Å²) in [5.74, 6) is 0.374. The Balaban J connectivity index is 1.36. The van der Waals surface area contributed by atoms with Crippen molar-refractivity contribution in [2.24, 2.45) is 11.0 Å². The number of esters is 1. The van der Waals surface area contributed by atoms with Crippen molar-refractivity contribution in [3.8, 4) is 5.75 Å². The molecule has 1 aliphatic heterocycles. The molecule has 5 rings (SSSR count). The zero-order valence-corrected chi connectivity index (χ0v) is 20.4. The number of hydrogen-bond acceptors (Lipinski definition) is 6. The van der Waals surface area contributed by atoms with E-state index in [9.17, 15) is 14.7 Å². The molecule has 2 aliphatic rings. The van der Waals surface area contributed by atoms with E-state index in [0.717, 1.165) is 35.7 Å². The fourth-order valence-electron chi connectivity index (χ4n) is 5.25. The molecule has 188 valence electrons. The summed E-state index contributed by atoms with van der Waals surface area (Å²) in [5, 5.41) is 18.1. The highest BCUT2D eigenvalue weighted by Gasteiger charge is 2.42. The molecule has 1 amide bonds. The maximum atomic E-state index is 13.2. The summed E-state index contributed by atoms with van der Waals surface area (Å²) in [4.78, 5) is 28.7. The number of methoxy groups -OCH3 is 1. The van der Waals surface area contributed by atoms with E-state index in [0.29, 0.717) is 29.4 Å². The van der Waals surface area contributed by atoms with Gasteiger partial charge in [-0.1, -0.05) is 56.0 Å². The number of fused-ring (bicyclic) bond motifs is 1. The first kappa shape index (κ1) is 24.1. The highest BCUT2D eigenvalue weighted by atomic mass is 16.5. The van der Waals surface area contributed by atoms with Gasteiger partial charge in [0.25, 0.3) is 5.91 Å². The Kier molecular flexibility index (Phi) is 7.04. The molecule has 2 N–H and O–H groups in total. The molecule has 1 aromatic heterocycles. The van der Waals surface area contributed by atoms with Crippen LogP contribution >= 0.6 is 0 Å². The minimum absolute atomic E-state index is 0.312. The Morgan fingerprint density at radius 1 is 1.11 bits per heavy atom. The van der Waals surface area contributed by atoms with Crippen LogP contribution in [0, 0.1) is 5.92 Å². The van der Waals surface area contributed by atoms with Crippen LogP contribution in [0.25, 0.3) is 10.9 Å². The summed E-state index contributed by atoms with van der Waals surface area (Å²) >= 11 is 0. The highest BCUT2D eigenvalue weighted by Crippen LogP contribution is 2.36. The number of carbonyl (C=O) groups is 2. The van der Waals surface area contributed by atoms with Gasteiger partial charge in [-0.2, -0.15) is 5.10 Å². The molecule has 2 atom stereocenters. The standard InChI is InChI=1S/C28H31N3O5/c1-35-20-13-11-19(12-14-20)27-28(34)26(22-16-29-23-9-5-4-8-21(22)23)30-31(27)24(32)17-36-25(33)15-10-18-6-2-3-7-18/h4-5,8-9,11-14,16,18,27-29,34H,2-3,6-7,10,15,17H2,1H3/t27-,28+/m1/s1. The second kappa shape index (κ2) is 10.5. The Morgan fingerprint density at radius 2 is 1.86 bits per heavy atom. The molecule has 0 radical (unpaired) electrons. The minimum atomic E-state index is -1.07. The number of rotatable bonds is 8. The maximum Gasteiger partial charge on any atom is 0.306 e. The molecule has 36 heavy (non-hydrogen) atoms. The van der Waals surface area contributed by atoms with Gasteiger partial charge in [0.05, 0.1) is 7.11 Å². The first-order chi connectivity index (χ1) is 17.5. The number of nitrogens with one attached hydrogen (secondary N) is 1. The quantitative estimate of drug-likeness (QED) is 0.458. The molecular weight excluding hydrogens is 458 g/mol. The van der Waals surface area contributed by atoms with E-state index in [-0.39, 0.29) is 5.97 Å². The van der Waals surface area contributed by atoms with Gasteiger partial charge in [-0.3, -0.25) is 9.59 Å². The van der Waals surface area contributed by atoms with Gasteiger partial charge in [-0.25, -0.2) is 5.01 Å². The SMILES string of the molecule is COc1ccc([C@@H]2[C@@H](O)C(c3c[nH]c4ccccc34)=NN2C(=O)COC(=O)CCC2CCCC2)cc1. The van der Waals surface area contributed by atoms with Crippen LogP contribution < -0.4 is 4.74 Å². The number of ether oxygens (including phenoxy) is 2. The molecule has 8 nitrogen and oxygen atoms in total. The maximum absolute atomic E-state index is 13.2. The Labute approximate surface area is 209 Å². The number of hydrogen-bond donors (Lipinski definition) is 2. The fourth-order valence-corrected chi connectivity index (χ4v) is 5.25. The summed E-state index contributed by atoms with van der Waals surface area (Å²) in [7, 11) is 1.58. The van der Waals surface area contributed by atoms with Gasteiger partial charge in [0.2, 0.25) is 0 Å². The zero-order chi connectivity index (χ0) is 25.1. The summed E-state index contributed by atoms with van der Waals surface area (Å²) in [6.07, 6.45) is 6.59. The molecule has 0 unspecified atom stereocenters. The number of H-pyrrole nitrogens is 1. The number of amides is 1. The van der Waals surface area contributed by atoms with Crippen molar-refractivity contribution in [1.29, 1.82) is 0 Å². The van der Waals surface area contributed by atoms with E-state index < -0.39 is 24.7 Å². The van der Waals surface area contributed by atoms with Gasteiger partial charge < -0.3 is 19.6 Å². The number of carbonyl (C=O) groups excluding carboxylic acids is 2. The second-order valence-corrected chi connectivity index (χ2v) is 9.48. The average Bonchev–Trinajstić information content (AvgIpc) is 3.65. The van der Waals surface area contributed by atoms with E-state index in [4.69, 9.17) is 9.47 Å². The predicted octanol–water partition coefficient (Wildman–Crippen LogP) is 4.34. The van der Waals surface area contributed by atoms with Crippen LogP contribution in [-0.2, 0) is 14.3 Å². The Bertz CT molecular complexity index is 1260. The summed E-state index contributed by atoms with van der Waals surface area (Å²) in [6.45, 7) is -0.423. The van der Waals surface area contributed by atoms with E-state index in [2.05, 4.69) is 10.1 Å². The number of aliphatic hydroxyl groups is 1. The van der Waals surface area contributed by atoms with Crippen LogP contribution in [0.3, 0.4) is 0 Å². The largest absolute Gasteiger partial charge is 0.497 e. The molecule has 2 heterocycles. The molecular formula is C28H31N3O5. The summed E-state index contributed by atoms with van der Waals surface area (Å²) < 4.78 is 10.6. The number of hydrazone groups is 1. The van der Waals surface area contributed by atoms with Crippen LogP contribution in [0.2, 0.25) is 0 Å². The smallest absolute Gasteiger partial charge is 0.306 e. The molecule has 1 saturated carbocycles. The molecule has 1 aliphatic carbocycles. The van der Waals surface area contributed by atoms with Crippen molar-refractivity contribution in [3.63, 3.8) is 0 Å². The van der Waals surface area contributed by atoms with Crippen LogP contribution in [0.1, 0.15) is 55.7 Å². The number of aliphatic hydroxyl groups excluding tert-OH is 1. The van der Waals surface area contributed by atoms with Gasteiger partial charge in [0, 0.05) is 29.1 Å². The third-order valence-electron chi connectivity index (χ3n) is 7.22. The lowest BCUT2D eigenvalue weighted by Crippen LogP contribution is -2.36. The predicted molar refractivity (Wildman–Crippen MR) is 136 cm³/mol. The molecule has 2 aromatic carbocycles. The molecule has 1 fully saturated rings. The van der Waals surface area contributed by atoms with Crippen molar-refractivity contribution >= 4 is 28.5 Å². The first-order valence-corrected chi connectivity index (χ1v) is 12.5. The highest BCUT2D eigenvalue weighted by molar-refractivity contribution is 6.14. The number of aromatic amines is 1. The molecule has 8 heteroatoms. The lowest BCUT2D eigenvalue weighted by Gasteiger charge is -2.24. The van der Waals surface area contributed by atoms with E-state index in [1.54, 1.807) is 37.6 Å². The first-order valence-electron chi connectivity index (χ1n) is 12.5. The molecule has 0 bridgehead atoms. The molecule has 3 aromatic rings. The topological polar surface area (TPSA) is 104 Å². The minimum Gasteiger partial charge on any atom is -0.497 e. The van der Waals surface area contributed by atoms with Gasteiger partial charge in [0.1, 0.15) is 23.6 Å². The fraction of sp³-hybridized carbons (Fsp3) is 0.393. The molecule has 0 saturated heterocycles. The van der Waals surface area contributed by atoms with Gasteiger partial charge in [-0.05, 0) is 36.1 Å². The zero-order valence-electron chi connectivity index (χ0n) is 20.4. The van der Waals surface area contributed by atoms with Gasteiger partial charge in [-0.15, -0.1) is 0 Å². The van der Waals surface area contributed by atoms with Gasteiger partial charge >= 0.3 is 5.97 Å².